The molecule has 1 N–H and O–H groups in total. The Morgan fingerprint density at radius 3 is 2.45 bits per heavy atom. The topological polar surface area (TPSA) is 65.6 Å². The smallest absolute Gasteiger partial charge is 0.272 e. The van der Waals surface area contributed by atoms with Crippen LogP contribution in [0.2, 0.25) is 0 Å². The highest BCUT2D eigenvalue weighted by atomic mass is 16.5. The van der Waals surface area contributed by atoms with Crippen LogP contribution in [-0.4, -0.2) is 40.5 Å². The zero-order valence-corrected chi connectivity index (χ0v) is 19.6. The van der Waals surface area contributed by atoms with Gasteiger partial charge in [0.05, 0.1) is 5.69 Å². The molecule has 0 aliphatic carbocycles. The van der Waals surface area contributed by atoms with E-state index in [2.05, 4.69) is 30.7 Å². The Bertz CT molecular complexity index is 1250. The van der Waals surface area contributed by atoms with E-state index in [1.807, 2.05) is 42.5 Å². The van der Waals surface area contributed by atoms with Crippen LogP contribution in [0.15, 0.2) is 53.3 Å². The van der Waals surface area contributed by atoms with E-state index in [-0.39, 0.29) is 23.1 Å². The first-order valence-electron chi connectivity index (χ1n) is 11.8. The zero-order valence-electron chi connectivity index (χ0n) is 19.6. The highest BCUT2D eigenvalue weighted by Gasteiger charge is 2.30. The van der Waals surface area contributed by atoms with Crippen molar-refractivity contribution in [2.75, 3.05) is 18.0 Å². The number of hydrogen-bond donors (Lipinski definition) is 1. The maximum atomic E-state index is 12.9. The number of piperidine rings is 1. The standard InChI is InChI=1S/C27H31N3O3/c1-27(2,3)29-14-12-20(13-15-29)33-21-9-10-23-19(16-21)8-11-25(31)30(23)24-17-18-6-4-5-7-22(18)28-26(24)32/h4-7,9-10,16-17,20H,8,11-15H2,1-3H3,(H,28,32). The number of rotatable bonds is 3. The third kappa shape index (κ3) is 4.27. The van der Waals surface area contributed by atoms with E-state index in [1.165, 1.54) is 0 Å². The highest BCUT2D eigenvalue weighted by molar-refractivity contribution is 6.04. The second-order valence-electron chi connectivity index (χ2n) is 10.1. The summed E-state index contributed by atoms with van der Waals surface area (Å²) in [6, 6.07) is 15.3. The molecule has 1 fully saturated rings. The summed E-state index contributed by atoms with van der Waals surface area (Å²) in [5, 5.41) is 0.897. The number of carbonyl (C=O) groups is 1. The van der Waals surface area contributed by atoms with Gasteiger partial charge in [0.1, 0.15) is 17.5 Å². The predicted octanol–water partition coefficient (Wildman–Crippen LogP) is 4.78. The molecule has 2 aliphatic heterocycles. The van der Waals surface area contributed by atoms with E-state index >= 15 is 0 Å². The summed E-state index contributed by atoms with van der Waals surface area (Å²) in [7, 11) is 0. The number of carbonyl (C=O) groups excluding carboxylic acids is 1. The largest absolute Gasteiger partial charge is 0.490 e. The van der Waals surface area contributed by atoms with Gasteiger partial charge in [-0.15, -0.1) is 0 Å². The highest BCUT2D eigenvalue weighted by Crippen LogP contribution is 2.36. The maximum Gasteiger partial charge on any atom is 0.272 e. The molecule has 1 saturated heterocycles. The van der Waals surface area contributed by atoms with Crippen LogP contribution in [-0.2, 0) is 11.2 Å². The molecule has 0 atom stereocenters. The molecule has 6 heteroatoms. The maximum absolute atomic E-state index is 12.9. The molecule has 0 unspecified atom stereocenters. The number of para-hydroxylation sites is 1. The van der Waals surface area contributed by atoms with Gasteiger partial charge in [0.2, 0.25) is 5.91 Å². The van der Waals surface area contributed by atoms with Gasteiger partial charge in [-0.25, -0.2) is 0 Å². The van der Waals surface area contributed by atoms with E-state index in [0.29, 0.717) is 18.5 Å². The fourth-order valence-corrected chi connectivity index (χ4v) is 4.94. The van der Waals surface area contributed by atoms with Gasteiger partial charge in [-0.3, -0.25) is 19.4 Å². The molecule has 5 rings (SSSR count). The number of benzene rings is 2. The fraction of sp³-hybridized carbons (Fsp3) is 0.407. The van der Waals surface area contributed by atoms with Crippen LogP contribution in [0.1, 0.15) is 45.6 Å². The molecule has 0 saturated carbocycles. The Morgan fingerprint density at radius 2 is 1.70 bits per heavy atom. The number of ether oxygens (including phenoxy) is 1. The molecule has 1 amide bonds. The van der Waals surface area contributed by atoms with Gasteiger partial charge in [-0.2, -0.15) is 0 Å². The number of amides is 1. The van der Waals surface area contributed by atoms with Crippen LogP contribution in [0, 0.1) is 0 Å². The number of pyridine rings is 1. The van der Waals surface area contributed by atoms with Crippen LogP contribution < -0.4 is 15.2 Å². The Kier molecular flexibility index (Phi) is 5.49. The van der Waals surface area contributed by atoms with E-state index < -0.39 is 0 Å². The third-order valence-corrected chi connectivity index (χ3v) is 6.82. The van der Waals surface area contributed by atoms with Crippen molar-refractivity contribution in [3.8, 4) is 5.75 Å². The summed E-state index contributed by atoms with van der Waals surface area (Å²) >= 11 is 0. The summed E-state index contributed by atoms with van der Waals surface area (Å²) in [5.41, 5.74) is 2.85. The number of aromatic nitrogens is 1. The number of anilines is 2. The molecule has 2 aliphatic rings. The van der Waals surface area contributed by atoms with E-state index in [0.717, 1.165) is 53.8 Å². The van der Waals surface area contributed by atoms with E-state index in [9.17, 15) is 9.59 Å². The van der Waals surface area contributed by atoms with Crippen molar-refractivity contribution < 1.29 is 9.53 Å². The van der Waals surface area contributed by atoms with Crippen LogP contribution in [0.25, 0.3) is 10.9 Å². The van der Waals surface area contributed by atoms with Crippen LogP contribution in [0.3, 0.4) is 0 Å². The van der Waals surface area contributed by atoms with Crippen LogP contribution in [0.4, 0.5) is 11.4 Å². The Morgan fingerprint density at radius 1 is 0.939 bits per heavy atom. The number of aromatic amines is 1. The van der Waals surface area contributed by atoms with Crippen LogP contribution in [0.5, 0.6) is 5.75 Å². The second-order valence-corrected chi connectivity index (χ2v) is 10.1. The number of hydrogen-bond acceptors (Lipinski definition) is 4. The average molecular weight is 446 g/mol. The number of nitrogens with one attached hydrogen (secondary N) is 1. The molecule has 0 bridgehead atoms. The second kappa shape index (κ2) is 8.34. The Balaban J connectivity index is 1.39. The summed E-state index contributed by atoms with van der Waals surface area (Å²) in [4.78, 5) is 32.7. The molecule has 0 spiro atoms. The quantitative estimate of drug-likeness (QED) is 0.630. The molecule has 0 radical (unpaired) electrons. The summed E-state index contributed by atoms with van der Waals surface area (Å²) < 4.78 is 6.33. The average Bonchev–Trinajstić information content (AvgIpc) is 2.79. The first kappa shape index (κ1) is 21.7. The van der Waals surface area contributed by atoms with Crippen molar-refractivity contribution in [2.45, 2.75) is 58.1 Å². The van der Waals surface area contributed by atoms with Gasteiger partial charge in [0, 0.05) is 36.0 Å². The summed E-state index contributed by atoms with van der Waals surface area (Å²) in [6.07, 6.45) is 3.23. The minimum atomic E-state index is -0.263. The Hall–Kier alpha value is -3.12. The molecule has 2 aromatic carbocycles. The predicted molar refractivity (Wildman–Crippen MR) is 131 cm³/mol. The molecule has 3 aromatic rings. The van der Waals surface area contributed by atoms with Crippen molar-refractivity contribution in [1.29, 1.82) is 0 Å². The molecular formula is C27H31N3O3. The molecule has 172 valence electrons. The number of likely N-dealkylation sites (tertiary alicyclic amines) is 1. The van der Waals surface area contributed by atoms with Crippen molar-refractivity contribution in [3.05, 3.63) is 64.4 Å². The zero-order chi connectivity index (χ0) is 23.2. The van der Waals surface area contributed by atoms with E-state index in [1.54, 1.807) is 11.0 Å². The van der Waals surface area contributed by atoms with Crippen LogP contribution >= 0.6 is 0 Å². The van der Waals surface area contributed by atoms with Crippen molar-refractivity contribution in [2.24, 2.45) is 0 Å². The van der Waals surface area contributed by atoms with Gasteiger partial charge in [-0.05, 0) is 75.9 Å². The molecule has 6 nitrogen and oxygen atoms in total. The number of nitrogens with zero attached hydrogens (tertiary/aromatic N) is 2. The normalized spacial score (nSPS) is 17.9. The number of fused-ring (bicyclic) bond motifs is 2. The summed E-state index contributed by atoms with van der Waals surface area (Å²) in [5.74, 6) is 0.774. The van der Waals surface area contributed by atoms with Gasteiger partial charge >= 0.3 is 0 Å². The van der Waals surface area contributed by atoms with Crippen molar-refractivity contribution in [1.82, 2.24) is 9.88 Å². The summed E-state index contributed by atoms with van der Waals surface area (Å²) in [6.45, 7) is 8.83. The van der Waals surface area contributed by atoms with Crippen molar-refractivity contribution in [3.63, 3.8) is 0 Å². The van der Waals surface area contributed by atoms with Gasteiger partial charge in [-0.1, -0.05) is 18.2 Å². The molecule has 1 aromatic heterocycles. The Labute approximate surface area is 194 Å². The van der Waals surface area contributed by atoms with Gasteiger partial charge in [0.25, 0.3) is 5.56 Å². The molecule has 33 heavy (non-hydrogen) atoms. The lowest BCUT2D eigenvalue weighted by Gasteiger charge is -2.40. The minimum Gasteiger partial charge on any atom is -0.490 e. The lowest BCUT2D eigenvalue weighted by molar-refractivity contribution is -0.118. The first-order valence-corrected chi connectivity index (χ1v) is 11.8. The molecule has 3 heterocycles. The number of aryl methyl sites for hydroxylation is 1. The SMILES string of the molecule is CC(C)(C)N1CCC(Oc2ccc3c(c2)CCC(=O)N3c2cc3ccccc3[nH]c2=O)CC1. The minimum absolute atomic E-state index is 0.0634. The lowest BCUT2D eigenvalue weighted by Crippen LogP contribution is -2.48. The third-order valence-electron chi connectivity index (χ3n) is 6.82. The fourth-order valence-electron chi connectivity index (χ4n) is 4.94. The van der Waals surface area contributed by atoms with Crippen molar-refractivity contribution >= 4 is 28.2 Å². The molecular weight excluding hydrogens is 414 g/mol. The number of H-pyrrole nitrogens is 1. The first-order chi connectivity index (χ1) is 15.8. The van der Waals surface area contributed by atoms with Gasteiger partial charge < -0.3 is 9.72 Å². The monoisotopic (exact) mass is 445 g/mol. The van der Waals surface area contributed by atoms with Gasteiger partial charge in [0.15, 0.2) is 0 Å². The lowest BCUT2D eigenvalue weighted by atomic mass is 9.98. The van der Waals surface area contributed by atoms with E-state index in [4.69, 9.17) is 4.74 Å².